The Morgan fingerprint density at radius 2 is 1.90 bits per heavy atom. The number of carbonyl (C=O) groups excluding carboxylic acids is 1. The van der Waals surface area contributed by atoms with Crippen molar-refractivity contribution in [3.8, 4) is 0 Å². The second-order valence-electron chi connectivity index (χ2n) is 6.52. The van der Waals surface area contributed by atoms with Gasteiger partial charge in [-0.1, -0.05) is 13.3 Å². The predicted molar refractivity (Wildman–Crippen MR) is 81.2 cm³/mol. The summed E-state index contributed by atoms with van der Waals surface area (Å²) in [4.78, 5) is 27.9. The summed E-state index contributed by atoms with van der Waals surface area (Å²) < 4.78 is 0. The maximum absolute atomic E-state index is 12.8. The zero-order chi connectivity index (χ0) is 15.4. The van der Waals surface area contributed by atoms with Crippen LogP contribution in [0.4, 0.5) is 4.79 Å². The maximum atomic E-state index is 12.8. The lowest BCUT2D eigenvalue weighted by molar-refractivity contribution is -0.143. The van der Waals surface area contributed by atoms with E-state index in [1.165, 1.54) is 6.42 Å². The minimum Gasteiger partial charge on any atom is -0.481 e. The molecule has 0 radical (unpaired) electrons. The molecule has 0 aliphatic carbocycles. The third kappa shape index (κ3) is 3.69. The van der Waals surface area contributed by atoms with Gasteiger partial charge in [0.2, 0.25) is 0 Å². The summed E-state index contributed by atoms with van der Waals surface area (Å²) in [5.41, 5.74) is 0. The second-order valence-corrected chi connectivity index (χ2v) is 6.52. The number of urea groups is 1. The van der Waals surface area contributed by atoms with Crippen molar-refractivity contribution in [2.75, 3.05) is 13.1 Å². The Balaban J connectivity index is 2.00. The Bertz CT molecular complexity index is 384. The fourth-order valence-electron chi connectivity index (χ4n) is 3.73. The van der Waals surface area contributed by atoms with E-state index in [0.717, 1.165) is 32.2 Å². The lowest BCUT2D eigenvalue weighted by Crippen LogP contribution is -2.55. The molecule has 0 aromatic carbocycles. The molecule has 2 aliphatic rings. The Labute approximate surface area is 127 Å². The zero-order valence-corrected chi connectivity index (χ0v) is 13.3. The van der Waals surface area contributed by atoms with Crippen LogP contribution < -0.4 is 0 Å². The number of aliphatic carboxylic acids is 1. The van der Waals surface area contributed by atoms with Crippen LogP contribution in [0.2, 0.25) is 0 Å². The molecule has 2 heterocycles. The summed E-state index contributed by atoms with van der Waals surface area (Å²) in [5, 5.41) is 9.13. The lowest BCUT2D eigenvalue weighted by Gasteiger charge is -2.43. The summed E-state index contributed by atoms with van der Waals surface area (Å²) in [7, 11) is 0. The number of carboxylic acid groups (broad SMARTS) is 1. The average Bonchev–Trinajstić information content (AvgIpc) is 2.47. The van der Waals surface area contributed by atoms with E-state index >= 15 is 0 Å². The highest BCUT2D eigenvalue weighted by atomic mass is 16.4. The number of amides is 2. The Morgan fingerprint density at radius 1 is 1.14 bits per heavy atom. The normalized spacial score (nSPS) is 30.3. The minimum atomic E-state index is -0.726. The monoisotopic (exact) mass is 296 g/mol. The van der Waals surface area contributed by atoms with E-state index < -0.39 is 5.97 Å². The van der Waals surface area contributed by atoms with Gasteiger partial charge < -0.3 is 14.9 Å². The number of rotatable bonds is 3. The fraction of sp³-hybridized carbons (Fsp3) is 0.875. The van der Waals surface area contributed by atoms with E-state index in [-0.39, 0.29) is 18.0 Å². The Hall–Kier alpha value is -1.26. The highest BCUT2D eigenvalue weighted by molar-refractivity contribution is 5.76. The molecule has 0 spiro atoms. The number of carbonyl (C=O) groups is 2. The van der Waals surface area contributed by atoms with Crippen LogP contribution in [0.5, 0.6) is 0 Å². The van der Waals surface area contributed by atoms with E-state index in [2.05, 4.69) is 6.92 Å². The number of carboxylic acids is 1. The summed E-state index contributed by atoms with van der Waals surface area (Å²) in [6.07, 6.45) is 6.75. The molecule has 0 aromatic rings. The quantitative estimate of drug-likeness (QED) is 0.871. The second kappa shape index (κ2) is 7.14. The van der Waals surface area contributed by atoms with Crippen LogP contribution in [0, 0.1) is 5.92 Å². The number of piperidine rings is 2. The molecule has 2 fully saturated rings. The first-order valence-corrected chi connectivity index (χ1v) is 8.34. The van der Waals surface area contributed by atoms with Gasteiger partial charge in [0.25, 0.3) is 0 Å². The van der Waals surface area contributed by atoms with Gasteiger partial charge in [0.1, 0.15) is 0 Å². The average molecular weight is 296 g/mol. The number of nitrogens with zero attached hydrogens (tertiary/aromatic N) is 2. The van der Waals surface area contributed by atoms with E-state index in [0.29, 0.717) is 25.4 Å². The third-order valence-corrected chi connectivity index (χ3v) is 4.97. The molecular weight excluding hydrogens is 268 g/mol. The molecule has 0 aromatic heterocycles. The van der Waals surface area contributed by atoms with Gasteiger partial charge in [-0.3, -0.25) is 4.79 Å². The van der Waals surface area contributed by atoms with Crippen molar-refractivity contribution in [2.24, 2.45) is 5.92 Å². The van der Waals surface area contributed by atoms with Crippen molar-refractivity contribution in [3.05, 3.63) is 0 Å². The molecule has 2 rings (SSSR count). The first-order chi connectivity index (χ1) is 10.0. The van der Waals surface area contributed by atoms with Gasteiger partial charge in [-0.15, -0.1) is 0 Å². The molecular formula is C16H28N2O3. The largest absolute Gasteiger partial charge is 0.481 e. The van der Waals surface area contributed by atoms with Gasteiger partial charge in [0.05, 0.1) is 5.92 Å². The van der Waals surface area contributed by atoms with Gasteiger partial charge in [0.15, 0.2) is 0 Å². The van der Waals surface area contributed by atoms with Gasteiger partial charge >= 0.3 is 12.0 Å². The van der Waals surface area contributed by atoms with Crippen LogP contribution >= 0.6 is 0 Å². The molecule has 3 unspecified atom stereocenters. The highest BCUT2D eigenvalue weighted by Gasteiger charge is 2.36. The van der Waals surface area contributed by atoms with E-state index in [1.807, 2.05) is 16.7 Å². The molecule has 21 heavy (non-hydrogen) atoms. The summed E-state index contributed by atoms with van der Waals surface area (Å²) in [6, 6.07) is 0.529. The van der Waals surface area contributed by atoms with Crippen LogP contribution in [0.25, 0.3) is 0 Å². The Kier molecular flexibility index (Phi) is 5.48. The molecule has 5 heteroatoms. The van der Waals surface area contributed by atoms with Crippen molar-refractivity contribution in [1.29, 1.82) is 0 Å². The van der Waals surface area contributed by atoms with Gasteiger partial charge in [-0.25, -0.2) is 4.79 Å². The van der Waals surface area contributed by atoms with Crippen molar-refractivity contribution >= 4 is 12.0 Å². The topological polar surface area (TPSA) is 60.9 Å². The molecule has 3 atom stereocenters. The predicted octanol–water partition coefficient (Wildman–Crippen LogP) is 2.95. The van der Waals surface area contributed by atoms with Crippen LogP contribution in [0.3, 0.4) is 0 Å². The van der Waals surface area contributed by atoms with Crippen molar-refractivity contribution in [3.63, 3.8) is 0 Å². The number of hydrogen-bond acceptors (Lipinski definition) is 2. The molecule has 1 N–H and O–H groups in total. The first kappa shape index (κ1) is 16.1. The van der Waals surface area contributed by atoms with Crippen LogP contribution in [-0.2, 0) is 4.79 Å². The molecule has 2 saturated heterocycles. The summed E-state index contributed by atoms with van der Waals surface area (Å²) in [6.45, 7) is 5.57. The maximum Gasteiger partial charge on any atom is 0.320 e. The molecule has 0 saturated carbocycles. The van der Waals surface area contributed by atoms with E-state index in [4.69, 9.17) is 5.11 Å². The molecule has 2 aliphatic heterocycles. The summed E-state index contributed by atoms with van der Waals surface area (Å²) in [5.74, 6) is -1.02. The van der Waals surface area contributed by atoms with E-state index in [9.17, 15) is 9.59 Å². The van der Waals surface area contributed by atoms with Gasteiger partial charge in [0, 0.05) is 25.2 Å². The SMILES string of the molecule is CCCC1CCCCN1C(=O)N1CCC(C(=O)O)CC1C. The van der Waals surface area contributed by atoms with Crippen molar-refractivity contribution in [2.45, 2.75) is 70.9 Å². The van der Waals surface area contributed by atoms with Crippen LogP contribution in [0.15, 0.2) is 0 Å². The first-order valence-electron chi connectivity index (χ1n) is 8.34. The number of likely N-dealkylation sites (tertiary alicyclic amines) is 2. The highest BCUT2D eigenvalue weighted by Crippen LogP contribution is 2.27. The van der Waals surface area contributed by atoms with Crippen molar-refractivity contribution in [1.82, 2.24) is 9.80 Å². The summed E-state index contributed by atoms with van der Waals surface area (Å²) >= 11 is 0. The van der Waals surface area contributed by atoms with E-state index in [1.54, 1.807) is 0 Å². The molecule has 0 bridgehead atoms. The lowest BCUT2D eigenvalue weighted by atomic mass is 9.91. The van der Waals surface area contributed by atoms with Crippen LogP contribution in [-0.4, -0.2) is 52.1 Å². The standard InChI is InChI=1S/C16H28N2O3/c1-3-6-14-7-4-5-9-18(14)16(21)17-10-8-13(15(19)20)11-12(17)2/h12-14H,3-11H2,1-2H3,(H,19,20). The molecule has 2 amide bonds. The smallest absolute Gasteiger partial charge is 0.320 e. The number of hydrogen-bond donors (Lipinski definition) is 1. The zero-order valence-electron chi connectivity index (χ0n) is 13.3. The third-order valence-electron chi connectivity index (χ3n) is 4.97. The Morgan fingerprint density at radius 3 is 2.52 bits per heavy atom. The minimum absolute atomic E-state index is 0.0246. The van der Waals surface area contributed by atoms with Crippen molar-refractivity contribution < 1.29 is 14.7 Å². The fourth-order valence-corrected chi connectivity index (χ4v) is 3.73. The molecule has 120 valence electrons. The van der Waals surface area contributed by atoms with Crippen LogP contribution in [0.1, 0.15) is 58.8 Å². The van der Waals surface area contributed by atoms with Gasteiger partial charge in [-0.2, -0.15) is 0 Å². The molecule has 5 nitrogen and oxygen atoms in total. The van der Waals surface area contributed by atoms with Gasteiger partial charge in [-0.05, 0) is 45.4 Å².